The second-order valence-corrected chi connectivity index (χ2v) is 6.20. The number of nitrogens with zero attached hydrogens (tertiary/aromatic N) is 4. The molecule has 1 saturated heterocycles. The summed E-state index contributed by atoms with van der Waals surface area (Å²) >= 11 is 0. The van der Waals surface area contributed by atoms with Gasteiger partial charge in [0.05, 0.1) is 19.8 Å². The van der Waals surface area contributed by atoms with Crippen molar-refractivity contribution in [1.82, 2.24) is 20.1 Å². The maximum absolute atomic E-state index is 5.47. The number of para-hydroxylation sites is 1. The van der Waals surface area contributed by atoms with Crippen molar-refractivity contribution in [3.8, 4) is 0 Å². The zero-order valence-corrected chi connectivity index (χ0v) is 13.3. The van der Waals surface area contributed by atoms with Gasteiger partial charge in [-0.05, 0) is 18.1 Å². The Hall–Kier alpha value is -1.92. The van der Waals surface area contributed by atoms with Gasteiger partial charge in [0.15, 0.2) is 0 Å². The number of benzene rings is 1. The SMILES string of the molecule is c1ccc(N2CCOCC2)c(CN[C@@H]2CCc3ncnn3C2)c1. The summed E-state index contributed by atoms with van der Waals surface area (Å²) in [6.45, 7) is 5.39. The van der Waals surface area contributed by atoms with Crippen LogP contribution in [0.1, 0.15) is 17.8 Å². The number of ether oxygens (including phenoxy) is 1. The van der Waals surface area contributed by atoms with E-state index in [1.807, 2.05) is 4.68 Å². The second kappa shape index (κ2) is 6.68. The lowest BCUT2D eigenvalue weighted by Crippen LogP contribution is -2.39. The van der Waals surface area contributed by atoms with Gasteiger partial charge in [-0.1, -0.05) is 18.2 Å². The summed E-state index contributed by atoms with van der Waals surface area (Å²) in [4.78, 5) is 6.72. The Bertz CT molecular complexity index is 650. The van der Waals surface area contributed by atoms with Crippen LogP contribution in [0.15, 0.2) is 30.6 Å². The van der Waals surface area contributed by atoms with Crippen LogP contribution in [0.2, 0.25) is 0 Å². The number of nitrogens with one attached hydrogen (secondary N) is 1. The molecule has 4 rings (SSSR count). The van der Waals surface area contributed by atoms with Gasteiger partial charge in [0, 0.05) is 37.8 Å². The molecular weight excluding hydrogens is 290 g/mol. The first-order valence-corrected chi connectivity index (χ1v) is 8.41. The third kappa shape index (κ3) is 3.23. The van der Waals surface area contributed by atoms with E-state index in [-0.39, 0.29) is 0 Å². The predicted octanol–water partition coefficient (Wildman–Crippen LogP) is 1.22. The third-order valence-corrected chi connectivity index (χ3v) is 4.73. The maximum atomic E-state index is 5.47. The molecule has 3 heterocycles. The van der Waals surface area contributed by atoms with Crippen LogP contribution >= 0.6 is 0 Å². The van der Waals surface area contributed by atoms with E-state index in [1.54, 1.807) is 6.33 Å². The van der Waals surface area contributed by atoms with Gasteiger partial charge in [-0.25, -0.2) is 9.67 Å². The number of rotatable bonds is 4. The van der Waals surface area contributed by atoms with E-state index in [0.717, 1.165) is 58.1 Å². The van der Waals surface area contributed by atoms with E-state index in [2.05, 4.69) is 44.6 Å². The number of morpholine rings is 1. The summed E-state index contributed by atoms with van der Waals surface area (Å²) in [6.07, 6.45) is 3.78. The molecule has 2 aliphatic rings. The number of hydrogen-bond donors (Lipinski definition) is 1. The number of aryl methyl sites for hydroxylation is 1. The van der Waals surface area contributed by atoms with Crippen molar-refractivity contribution in [2.75, 3.05) is 31.2 Å². The molecule has 6 nitrogen and oxygen atoms in total. The van der Waals surface area contributed by atoms with Crippen LogP contribution in [0.3, 0.4) is 0 Å². The molecule has 0 amide bonds. The molecule has 0 aliphatic carbocycles. The Kier molecular flexibility index (Phi) is 4.26. The lowest BCUT2D eigenvalue weighted by atomic mass is 10.1. The smallest absolute Gasteiger partial charge is 0.138 e. The van der Waals surface area contributed by atoms with Crippen LogP contribution in [0.5, 0.6) is 0 Å². The Balaban J connectivity index is 1.41. The topological polar surface area (TPSA) is 55.2 Å². The van der Waals surface area contributed by atoms with Crippen molar-refractivity contribution >= 4 is 5.69 Å². The number of hydrogen-bond acceptors (Lipinski definition) is 5. The van der Waals surface area contributed by atoms with Crippen molar-refractivity contribution in [2.45, 2.75) is 32.0 Å². The van der Waals surface area contributed by atoms with E-state index in [1.165, 1.54) is 11.3 Å². The molecule has 1 N–H and O–H groups in total. The predicted molar refractivity (Wildman–Crippen MR) is 88.4 cm³/mol. The first kappa shape index (κ1) is 14.7. The minimum Gasteiger partial charge on any atom is -0.378 e. The molecule has 1 aromatic carbocycles. The zero-order valence-electron chi connectivity index (χ0n) is 13.3. The van der Waals surface area contributed by atoms with Crippen LogP contribution in [0.25, 0.3) is 0 Å². The molecule has 0 radical (unpaired) electrons. The van der Waals surface area contributed by atoms with Gasteiger partial charge in [0.2, 0.25) is 0 Å². The molecule has 6 heteroatoms. The molecule has 122 valence electrons. The van der Waals surface area contributed by atoms with Gasteiger partial charge in [-0.2, -0.15) is 5.10 Å². The van der Waals surface area contributed by atoms with Crippen LogP contribution in [-0.2, 0) is 24.2 Å². The lowest BCUT2D eigenvalue weighted by Gasteiger charge is -2.31. The standard InChI is InChI=1S/C17H23N5O/c1-2-4-16(21-7-9-23-10-8-21)14(3-1)11-18-15-5-6-17-19-13-20-22(17)12-15/h1-4,13,15,18H,5-12H2/t15-/m1/s1. The fourth-order valence-corrected chi connectivity index (χ4v) is 3.43. The second-order valence-electron chi connectivity index (χ2n) is 6.20. The molecule has 23 heavy (non-hydrogen) atoms. The Morgan fingerprint density at radius 2 is 2.09 bits per heavy atom. The van der Waals surface area contributed by atoms with E-state index >= 15 is 0 Å². The third-order valence-electron chi connectivity index (χ3n) is 4.73. The maximum Gasteiger partial charge on any atom is 0.138 e. The van der Waals surface area contributed by atoms with Crippen molar-refractivity contribution < 1.29 is 4.74 Å². The highest BCUT2D eigenvalue weighted by Crippen LogP contribution is 2.22. The average Bonchev–Trinajstić information content (AvgIpc) is 3.09. The molecule has 0 bridgehead atoms. The van der Waals surface area contributed by atoms with Crippen LogP contribution in [-0.4, -0.2) is 47.1 Å². The van der Waals surface area contributed by atoms with Crippen LogP contribution in [0.4, 0.5) is 5.69 Å². The zero-order chi connectivity index (χ0) is 15.5. The highest BCUT2D eigenvalue weighted by atomic mass is 16.5. The molecule has 1 aromatic heterocycles. The quantitative estimate of drug-likeness (QED) is 0.920. The van der Waals surface area contributed by atoms with Crippen LogP contribution < -0.4 is 10.2 Å². The largest absolute Gasteiger partial charge is 0.378 e. The molecule has 1 atom stereocenters. The summed E-state index contributed by atoms with van der Waals surface area (Å²) in [5, 5.41) is 8.00. The van der Waals surface area contributed by atoms with E-state index < -0.39 is 0 Å². The molecule has 0 saturated carbocycles. The molecule has 2 aromatic rings. The fourth-order valence-electron chi connectivity index (χ4n) is 3.43. The normalized spacial score (nSPS) is 21.2. The first-order chi connectivity index (χ1) is 11.4. The van der Waals surface area contributed by atoms with Gasteiger partial charge in [-0.15, -0.1) is 0 Å². The van der Waals surface area contributed by atoms with Crippen LogP contribution in [0, 0.1) is 0 Å². The average molecular weight is 313 g/mol. The van der Waals surface area contributed by atoms with Gasteiger partial charge in [0.1, 0.15) is 12.2 Å². The number of fused-ring (bicyclic) bond motifs is 1. The molecule has 0 spiro atoms. The van der Waals surface area contributed by atoms with Gasteiger partial charge < -0.3 is 15.0 Å². The molecule has 2 aliphatic heterocycles. The Labute approximate surface area is 136 Å². The summed E-state index contributed by atoms with van der Waals surface area (Å²) in [5.41, 5.74) is 2.69. The Morgan fingerprint density at radius 3 is 3.00 bits per heavy atom. The molecule has 0 unspecified atom stereocenters. The van der Waals surface area contributed by atoms with Crippen molar-refractivity contribution in [2.24, 2.45) is 0 Å². The van der Waals surface area contributed by atoms with E-state index in [9.17, 15) is 0 Å². The van der Waals surface area contributed by atoms with Gasteiger partial charge >= 0.3 is 0 Å². The molecular formula is C17H23N5O. The van der Waals surface area contributed by atoms with Crippen molar-refractivity contribution in [1.29, 1.82) is 0 Å². The van der Waals surface area contributed by atoms with Crippen molar-refractivity contribution in [3.05, 3.63) is 42.0 Å². The highest BCUT2D eigenvalue weighted by Gasteiger charge is 2.20. The number of anilines is 1. The van der Waals surface area contributed by atoms with E-state index in [0.29, 0.717) is 6.04 Å². The summed E-state index contributed by atoms with van der Waals surface area (Å²) in [6, 6.07) is 9.15. The minimum absolute atomic E-state index is 0.460. The molecule has 1 fully saturated rings. The lowest BCUT2D eigenvalue weighted by molar-refractivity contribution is 0.122. The van der Waals surface area contributed by atoms with E-state index in [4.69, 9.17) is 4.74 Å². The fraction of sp³-hybridized carbons (Fsp3) is 0.529. The summed E-state index contributed by atoms with van der Waals surface area (Å²) in [7, 11) is 0. The number of aromatic nitrogens is 3. The van der Waals surface area contributed by atoms with Gasteiger partial charge in [-0.3, -0.25) is 0 Å². The first-order valence-electron chi connectivity index (χ1n) is 8.41. The van der Waals surface area contributed by atoms with Crippen molar-refractivity contribution in [3.63, 3.8) is 0 Å². The monoisotopic (exact) mass is 313 g/mol. The summed E-state index contributed by atoms with van der Waals surface area (Å²) in [5.74, 6) is 1.11. The summed E-state index contributed by atoms with van der Waals surface area (Å²) < 4.78 is 7.49. The van der Waals surface area contributed by atoms with Gasteiger partial charge in [0.25, 0.3) is 0 Å². The highest BCUT2D eigenvalue weighted by molar-refractivity contribution is 5.53. The Morgan fingerprint density at radius 1 is 1.22 bits per heavy atom. The minimum atomic E-state index is 0.460.